The van der Waals surface area contributed by atoms with Gasteiger partial charge in [-0.25, -0.2) is 18.6 Å². The van der Waals surface area contributed by atoms with Crippen molar-refractivity contribution >= 4 is 5.78 Å². The summed E-state index contributed by atoms with van der Waals surface area (Å²) in [4.78, 5) is 26.5. The van der Waals surface area contributed by atoms with Crippen LogP contribution in [-0.2, 0) is 6.54 Å². The number of carbonyl (C=O) groups excluding carboxylic acids is 1. The first-order valence-electron chi connectivity index (χ1n) is 5.07. The monoisotopic (exact) mass is 250 g/mol. The van der Waals surface area contributed by atoms with Crippen LogP contribution in [0.2, 0.25) is 0 Å². The SMILES string of the molecule is O=C(Cn1cccnc1=O)c1cc(F)ccc1F. The van der Waals surface area contributed by atoms with E-state index in [9.17, 15) is 18.4 Å². The third-order valence-electron chi connectivity index (χ3n) is 2.33. The Bertz CT molecular complexity index is 653. The van der Waals surface area contributed by atoms with Gasteiger partial charge in [0.1, 0.15) is 11.6 Å². The molecule has 0 fully saturated rings. The van der Waals surface area contributed by atoms with Crippen molar-refractivity contribution in [3.05, 3.63) is 64.3 Å². The summed E-state index contributed by atoms with van der Waals surface area (Å²) in [6.07, 6.45) is 2.64. The van der Waals surface area contributed by atoms with Crippen molar-refractivity contribution in [3.8, 4) is 0 Å². The van der Waals surface area contributed by atoms with E-state index in [0.717, 1.165) is 22.8 Å². The van der Waals surface area contributed by atoms with Crippen LogP contribution in [0.5, 0.6) is 0 Å². The molecule has 0 saturated carbocycles. The number of rotatable bonds is 3. The maximum atomic E-state index is 13.3. The molecule has 0 spiro atoms. The fraction of sp³-hybridized carbons (Fsp3) is 0.0833. The van der Waals surface area contributed by atoms with Crippen LogP contribution in [0.3, 0.4) is 0 Å². The van der Waals surface area contributed by atoms with Crippen molar-refractivity contribution in [2.24, 2.45) is 0 Å². The van der Waals surface area contributed by atoms with E-state index in [1.54, 1.807) is 0 Å². The molecule has 0 aliphatic heterocycles. The molecule has 0 amide bonds. The summed E-state index contributed by atoms with van der Waals surface area (Å²) in [5.41, 5.74) is -1.01. The lowest BCUT2D eigenvalue weighted by Crippen LogP contribution is -2.25. The highest BCUT2D eigenvalue weighted by Gasteiger charge is 2.13. The fourth-order valence-electron chi connectivity index (χ4n) is 1.46. The molecule has 0 N–H and O–H groups in total. The molecule has 0 aliphatic carbocycles. The highest BCUT2D eigenvalue weighted by atomic mass is 19.1. The first-order valence-corrected chi connectivity index (χ1v) is 5.07. The van der Waals surface area contributed by atoms with E-state index >= 15 is 0 Å². The second-order valence-corrected chi connectivity index (χ2v) is 3.58. The maximum Gasteiger partial charge on any atom is 0.347 e. The molecular weight excluding hydrogens is 242 g/mol. The van der Waals surface area contributed by atoms with Crippen molar-refractivity contribution < 1.29 is 13.6 Å². The Balaban J connectivity index is 2.31. The van der Waals surface area contributed by atoms with Crippen LogP contribution in [0.4, 0.5) is 8.78 Å². The largest absolute Gasteiger partial charge is 0.347 e. The molecule has 0 aliphatic rings. The number of aromatic nitrogens is 2. The Morgan fingerprint density at radius 1 is 1.33 bits per heavy atom. The second kappa shape index (κ2) is 4.87. The first-order chi connectivity index (χ1) is 8.58. The van der Waals surface area contributed by atoms with E-state index in [1.807, 2.05) is 0 Å². The smallest absolute Gasteiger partial charge is 0.292 e. The first kappa shape index (κ1) is 12.1. The molecule has 0 radical (unpaired) electrons. The Hall–Kier alpha value is -2.37. The molecule has 92 valence electrons. The highest BCUT2D eigenvalue weighted by Crippen LogP contribution is 2.10. The van der Waals surface area contributed by atoms with Gasteiger partial charge in [0.2, 0.25) is 0 Å². The average molecular weight is 250 g/mol. The van der Waals surface area contributed by atoms with E-state index in [0.29, 0.717) is 0 Å². The van der Waals surface area contributed by atoms with Crippen LogP contribution in [0.15, 0.2) is 41.5 Å². The van der Waals surface area contributed by atoms with Crippen molar-refractivity contribution in [1.82, 2.24) is 9.55 Å². The number of nitrogens with zero attached hydrogens (tertiary/aromatic N) is 2. The van der Waals surface area contributed by atoms with E-state index < -0.39 is 23.1 Å². The molecule has 0 bridgehead atoms. The Morgan fingerprint density at radius 2 is 2.11 bits per heavy atom. The van der Waals surface area contributed by atoms with Crippen LogP contribution in [0.1, 0.15) is 10.4 Å². The van der Waals surface area contributed by atoms with Gasteiger partial charge in [0.15, 0.2) is 5.78 Å². The third kappa shape index (κ3) is 2.48. The topological polar surface area (TPSA) is 52.0 Å². The summed E-state index contributed by atoms with van der Waals surface area (Å²) in [5, 5.41) is 0. The van der Waals surface area contributed by atoms with Gasteiger partial charge < -0.3 is 0 Å². The fourth-order valence-corrected chi connectivity index (χ4v) is 1.46. The quantitative estimate of drug-likeness (QED) is 0.774. The van der Waals surface area contributed by atoms with Crippen LogP contribution in [0.25, 0.3) is 0 Å². The molecule has 18 heavy (non-hydrogen) atoms. The van der Waals surface area contributed by atoms with Crippen molar-refractivity contribution in [1.29, 1.82) is 0 Å². The normalized spacial score (nSPS) is 10.3. The van der Waals surface area contributed by atoms with Gasteiger partial charge in [0.05, 0.1) is 12.1 Å². The summed E-state index contributed by atoms with van der Waals surface area (Å²) in [7, 11) is 0. The summed E-state index contributed by atoms with van der Waals surface area (Å²) >= 11 is 0. The van der Waals surface area contributed by atoms with Gasteiger partial charge in [-0.1, -0.05) is 0 Å². The zero-order chi connectivity index (χ0) is 13.1. The Kier molecular flexibility index (Phi) is 3.27. The Labute approximate surface area is 101 Å². The minimum Gasteiger partial charge on any atom is -0.292 e. The van der Waals surface area contributed by atoms with Gasteiger partial charge in [0, 0.05) is 12.4 Å². The molecule has 1 heterocycles. The molecule has 0 unspecified atom stereocenters. The molecule has 6 heteroatoms. The van der Waals surface area contributed by atoms with Crippen LogP contribution < -0.4 is 5.69 Å². The average Bonchev–Trinajstić information content (AvgIpc) is 2.35. The van der Waals surface area contributed by atoms with Gasteiger partial charge in [-0.2, -0.15) is 0 Å². The minimum absolute atomic E-state index is 0.382. The lowest BCUT2D eigenvalue weighted by molar-refractivity contribution is 0.0966. The standard InChI is InChI=1S/C12H8F2N2O2/c13-8-2-3-10(14)9(6-8)11(17)7-16-5-1-4-15-12(16)18/h1-6H,7H2. The van der Waals surface area contributed by atoms with E-state index in [2.05, 4.69) is 4.98 Å². The number of Topliss-reactive ketones (excluding diaryl/α,β-unsaturated/α-hetero) is 1. The number of hydrogen-bond acceptors (Lipinski definition) is 3. The summed E-state index contributed by atoms with van der Waals surface area (Å²) < 4.78 is 27.3. The van der Waals surface area contributed by atoms with Crippen LogP contribution >= 0.6 is 0 Å². The van der Waals surface area contributed by atoms with Crippen molar-refractivity contribution in [2.75, 3.05) is 0 Å². The predicted octanol–water partition coefficient (Wildman–Crippen LogP) is 1.40. The van der Waals surface area contributed by atoms with E-state index in [-0.39, 0.29) is 12.1 Å². The van der Waals surface area contributed by atoms with Gasteiger partial charge in [-0.3, -0.25) is 9.36 Å². The Morgan fingerprint density at radius 3 is 2.83 bits per heavy atom. The number of carbonyl (C=O) groups is 1. The molecule has 0 saturated heterocycles. The lowest BCUT2D eigenvalue weighted by atomic mass is 10.1. The molecular formula is C12H8F2N2O2. The molecule has 1 aromatic heterocycles. The highest BCUT2D eigenvalue weighted by molar-refractivity contribution is 5.96. The molecule has 1 aromatic carbocycles. The number of ketones is 1. The van der Waals surface area contributed by atoms with Crippen molar-refractivity contribution in [2.45, 2.75) is 6.54 Å². The van der Waals surface area contributed by atoms with E-state index in [1.165, 1.54) is 18.5 Å². The predicted molar refractivity (Wildman–Crippen MR) is 59.2 cm³/mol. The molecule has 0 atom stereocenters. The van der Waals surface area contributed by atoms with Gasteiger partial charge in [0.25, 0.3) is 0 Å². The maximum absolute atomic E-state index is 13.3. The summed E-state index contributed by atoms with van der Waals surface area (Å²) in [6, 6.07) is 4.06. The van der Waals surface area contributed by atoms with E-state index in [4.69, 9.17) is 0 Å². The van der Waals surface area contributed by atoms with Crippen LogP contribution in [0, 0.1) is 11.6 Å². The van der Waals surface area contributed by atoms with Crippen LogP contribution in [-0.4, -0.2) is 15.3 Å². The number of hydrogen-bond donors (Lipinski definition) is 0. The summed E-state index contributed by atoms with van der Waals surface area (Å²) in [5.74, 6) is -2.22. The zero-order valence-corrected chi connectivity index (χ0v) is 9.14. The van der Waals surface area contributed by atoms with Crippen molar-refractivity contribution in [3.63, 3.8) is 0 Å². The summed E-state index contributed by atoms with van der Waals surface area (Å²) in [6.45, 7) is -0.382. The zero-order valence-electron chi connectivity index (χ0n) is 9.14. The van der Waals surface area contributed by atoms with Gasteiger partial charge >= 0.3 is 5.69 Å². The molecule has 4 nitrogen and oxygen atoms in total. The van der Waals surface area contributed by atoms with Gasteiger partial charge in [-0.15, -0.1) is 0 Å². The second-order valence-electron chi connectivity index (χ2n) is 3.58. The third-order valence-corrected chi connectivity index (χ3v) is 2.33. The van der Waals surface area contributed by atoms with Gasteiger partial charge in [-0.05, 0) is 24.3 Å². The lowest BCUT2D eigenvalue weighted by Gasteiger charge is -2.04. The molecule has 2 aromatic rings. The number of halogens is 2. The minimum atomic E-state index is -0.821. The number of benzene rings is 1. The molecule has 2 rings (SSSR count).